The Morgan fingerprint density at radius 3 is 3.00 bits per heavy atom. The van der Waals surface area contributed by atoms with E-state index in [4.69, 9.17) is 0 Å². The van der Waals surface area contributed by atoms with Gasteiger partial charge in [-0.25, -0.2) is 0 Å². The highest BCUT2D eigenvalue weighted by Gasteiger charge is 2.24. The molecule has 0 saturated carbocycles. The van der Waals surface area contributed by atoms with E-state index in [0.29, 0.717) is 5.92 Å². The number of rotatable bonds is 1. The summed E-state index contributed by atoms with van der Waals surface area (Å²) in [6, 6.07) is 6.68. The summed E-state index contributed by atoms with van der Waals surface area (Å²) >= 11 is 0. The Hall–Kier alpha value is -1.28. The molecule has 0 radical (unpaired) electrons. The second-order valence-corrected chi connectivity index (χ2v) is 5.37. The smallest absolute Gasteiger partial charge is 0.0457 e. The van der Waals surface area contributed by atoms with Crippen molar-refractivity contribution in [1.29, 1.82) is 0 Å². The largest absolute Gasteiger partial charge is 0.361 e. The number of hydrogen-bond acceptors (Lipinski definition) is 1. The minimum atomic E-state index is 0.701. The first-order valence-corrected chi connectivity index (χ1v) is 6.54. The van der Waals surface area contributed by atoms with Crippen LogP contribution < -0.4 is 5.32 Å². The van der Waals surface area contributed by atoms with E-state index in [9.17, 15) is 0 Å². The molecule has 0 amide bonds. The van der Waals surface area contributed by atoms with Gasteiger partial charge >= 0.3 is 0 Å². The summed E-state index contributed by atoms with van der Waals surface area (Å²) in [6.45, 7) is 6.81. The molecule has 0 bridgehead atoms. The summed E-state index contributed by atoms with van der Waals surface area (Å²) in [5, 5.41) is 4.90. The molecule has 0 spiro atoms. The van der Waals surface area contributed by atoms with Gasteiger partial charge in [-0.3, -0.25) is 0 Å². The summed E-state index contributed by atoms with van der Waals surface area (Å²) in [5.41, 5.74) is 4.13. The van der Waals surface area contributed by atoms with Crippen molar-refractivity contribution in [2.24, 2.45) is 5.92 Å². The van der Waals surface area contributed by atoms with Gasteiger partial charge in [-0.1, -0.05) is 18.6 Å². The van der Waals surface area contributed by atoms with E-state index < -0.39 is 0 Å². The monoisotopic (exact) mass is 228 g/mol. The lowest BCUT2D eigenvalue weighted by Crippen LogP contribution is -2.33. The number of aromatic amines is 1. The summed E-state index contributed by atoms with van der Waals surface area (Å²) < 4.78 is 0. The molecule has 2 heterocycles. The van der Waals surface area contributed by atoms with Crippen LogP contribution in [0.4, 0.5) is 0 Å². The van der Waals surface area contributed by atoms with E-state index in [1.54, 1.807) is 0 Å². The van der Waals surface area contributed by atoms with Crippen molar-refractivity contribution in [2.75, 3.05) is 13.1 Å². The zero-order valence-electron chi connectivity index (χ0n) is 10.6. The number of benzene rings is 1. The Labute approximate surface area is 102 Å². The lowest BCUT2D eigenvalue weighted by atomic mass is 9.82. The van der Waals surface area contributed by atoms with Crippen molar-refractivity contribution in [3.63, 3.8) is 0 Å². The predicted molar refractivity (Wildman–Crippen MR) is 72.4 cm³/mol. The van der Waals surface area contributed by atoms with Crippen LogP contribution in [0.15, 0.2) is 24.4 Å². The van der Waals surface area contributed by atoms with Gasteiger partial charge in [0, 0.05) is 17.1 Å². The van der Waals surface area contributed by atoms with E-state index in [1.807, 2.05) is 0 Å². The number of aryl methyl sites for hydroxylation is 1. The average molecular weight is 228 g/mol. The van der Waals surface area contributed by atoms with Crippen LogP contribution in [0.3, 0.4) is 0 Å². The fourth-order valence-corrected chi connectivity index (χ4v) is 3.04. The molecule has 2 atom stereocenters. The molecule has 2 unspecified atom stereocenters. The molecule has 2 N–H and O–H groups in total. The Morgan fingerprint density at radius 2 is 2.18 bits per heavy atom. The van der Waals surface area contributed by atoms with Crippen LogP contribution in [0.5, 0.6) is 0 Å². The quantitative estimate of drug-likeness (QED) is 0.771. The third-order valence-corrected chi connectivity index (χ3v) is 4.05. The van der Waals surface area contributed by atoms with Gasteiger partial charge in [0.1, 0.15) is 0 Å². The maximum Gasteiger partial charge on any atom is 0.0457 e. The zero-order chi connectivity index (χ0) is 11.8. The summed E-state index contributed by atoms with van der Waals surface area (Å²) in [7, 11) is 0. The molecule has 2 heteroatoms. The summed E-state index contributed by atoms with van der Waals surface area (Å²) in [6.07, 6.45) is 3.47. The molecular formula is C15H20N2. The van der Waals surface area contributed by atoms with Gasteiger partial charge in [-0.2, -0.15) is 0 Å². The van der Waals surface area contributed by atoms with Gasteiger partial charge in [0.25, 0.3) is 0 Å². The first kappa shape index (κ1) is 10.8. The van der Waals surface area contributed by atoms with E-state index in [-0.39, 0.29) is 0 Å². The van der Waals surface area contributed by atoms with Crippen molar-refractivity contribution >= 4 is 10.9 Å². The van der Waals surface area contributed by atoms with Crippen molar-refractivity contribution in [2.45, 2.75) is 26.2 Å². The third kappa shape index (κ3) is 1.87. The second-order valence-electron chi connectivity index (χ2n) is 5.37. The highest BCUT2D eigenvalue weighted by molar-refractivity contribution is 5.84. The second kappa shape index (κ2) is 4.19. The maximum absolute atomic E-state index is 3.48. The van der Waals surface area contributed by atoms with E-state index in [1.165, 1.54) is 28.5 Å². The number of aromatic nitrogens is 1. The van der Waals surface area contributed by atoms with Gasteiger partial charge in [0.2, 0.25) is 0 Å². The van der Waals surface area contributed by atoms with Crippen LogP contribution in [-0.4, -0.2) is 18.1 Å². The molecule has 2 nitrogen and oxygen atoms in total. The molecule has 1 saturated heterocycles. The minimum absolute atomic E-state index is 0.701. The minimum Gasteiger partial charge on any atom is -0.361 e. The lowest BCUT2D eigenvalue weighted by Gasteiger charge is -2.29. The van der Waals surface area contributed by atoms with E-state index in [0.717, 1.165) is 19.0 Å². The Morgan fingerprint density at radius 1 is 1.29 bits per heavy atom. The number of nitrogens with one attached hydrogen (secondary N) is 2. The van der Waals surface area contributed by atoms with Gasteiger partial charge in [0.05, 0.1) is 0 Å². The van der Waals surface area contributed by atoms with E-state index >= 15 is 0 Å². The van der Waals surface area contributed by atoms with Crippen LogP contribution in [0.2, 0.25) is 0 Å². The normalized spacial score (nSPS) is 25.3. The Balaban J connectivity index is 2.07. The predicted octanol–water partition coefficient (Wildman–Crippen LogP) is 3.19. The molecule has 17 heavy (non-hydrogen) atoms. The van der Waals surface area contributed by atoms with Crippen molar-refractivity contribution in [3.05, 3.63) is 35.5 Å². The molecule has 1 fully saturated rings. The van der Waals surface area contributed by atoms with Crippen molar-refractivity contribution in [3.8, 4) is 0 Å². The fourth-order valence-electron chi connectivity index (χ4n) is 3.04. The number of H-pyrrole nitrogens is 1. The van der Waals surface area contributed by atoms with Gasteiger partial charge in [0.15, 0.2) is 0 Å². The van der Waals surface area contributed by atoms with Crippen LogP contribution in [0, 0.1) is 12.8 Å². The van der Waals surface area contributed by atoms with Gasteiger partial charge < -0.3 is 10.3 Å². The zero-order valence-corrected chi connectivity index (χ0v) is 10.6. The SMILES string of the molecule is Cc1ccc2[nH]cc(C3CCNCC3C)c2c1. The number of hydrogen-bond donors (Lipinski definition) is 2. The molecule has 1 aromatic heterocycles. The molecule has 1 aromatic carbocycles. The number of piperidine rings is 1. The third-order valence-electron chi connectivity index (χ3n) is 4.05. The Kier molecular flexibility index (Phi) is 2.67. The summed E-state index contributed by atoms with van der Waals surface area (Å²) in [5.74, 6) is 1.43. The molecule has 2 aromatic rings. The molecule has 90 valence electrons. The molecule has 0 aliphatic carbocycles. The molecular weight excluding hydrogens is 208 g/mol. The van der Waals surface area contributed by atoms with Gasteiger partial charge in [-0.05, 0) is 56.0 Å². The highest BCUT2D eigenvalue weighted by Crippen LogP contribution is 2.34. The first-order chi connectivity index (χ1) is 8.25. The molecule has 1 aliphatic heterocycles. The van der Waals surface area contributed by atoms with Crippen LogP contribution >= 0.6 is 0 Å². The average Bonchev–Trinajstić information content (AvgIpc) is 2.72. The fraction of sp³-hybridized carbons (Fsp3) is 0.467. The van der Waals surface area contributed by atoms with Crippen LogP contribution in [0.1, 0.15) is 30.4 Å². The van der Waals surface area contributed by atoms with Crippen LogP contribution in [0.25, 0.3) is 10.9 Å². The summed E-state index contributed by atoms with van der Waals surface area (Å²) in [4.78, 5) is 3.41. The standard InChI is InChI=1S/C15H20N2/c1-10-3-4-15-13(7-10)14(9-17-15)12-5-6-16-8-11(12)2/h3-4,7,9,11-12,16-17H,5-6,8H2,1-2H3. The molecule has 3 rings (SSSR count). The highest BCUT2D eigenvalue weighted by atomic mass is 14.9. The topological polar surface area (TPSA) is 27.8 Å². The maximum atomic E-state index is 3.48. The Bertz CT molecular complexity index is 527. The molecule has 1 aliphatic rings. The lowest BCUT2D eigenvalue weighted by molar-refractivity contribution is 0.351. The number of fused-ring (bicyclic) bond motifs is 1. The van der Waals surface area contributed by atoms with E-state index in [2.05, 4.69) is 48.5 Å². The van der Waals surface area contributed by atoms with Crippen molar-refractivity contribution in [1.82, 2.24) is 10.3 Å². The van der Waals surface area contributed by atoms with Gasteiger partial charge in [-0.15, -0.1) is 0 Å². The first-order valence-electron chi connectivity index (χ1n) is 6.54. The van der Waals surface area contributed by atoms with Crippen molar-refractivity contribution < 1.29 is 0 Å². The van der Waals surface area contributed by atoms with Crippen LogP contribution in [-0.2, 0) is 0 Å².